The summed E-state index contributed by atoms with van der Waals surface area (Å²) < 4.78 is 10.3. The van der Waals surface area contributed by atoms with E-state index in [1.165, 1.54) is 30.7 Å². The molecule has 1 aliphatic carbocycles. The molecule has 0 spiro atoms. The molecular formula is C19H20N2O6S. The van der Waals surface area contributed by atoms with E-state index in [2.05, 4.69) is 4.99 Å². The average Bonchev–Trinajstić information content (AvgIpc) is 3.05. The summed E-state index contributed by atoms with van der Waals surface area (Å²) in [5, 5.41) is 21.8. The van der Waals surface area contributed by atoms with Gasteiger partial charge in [-0.2, -0.15) is 0 Å². The van der Waals surface area contributed by atoms with Crippen LogP contribution in [0.15, 0.2) is 17.1 Å². The number of carbonyl (C=O) groups is 1. The van der Waals surface area contributed by atoms with Gasteiger partial charge in [0, 0.05) is 16.7 Å². The second kappa shape index (κ2) is 8.39. The van der Waals surface area contributed by atoms with Crippen molar-refractivity contribution in [3.63, 3.8) is 0 Å². The molecule has 0 amide bonds. The van der Waals surface area contributed by atoms with Crippen molar-refractivity contribution in [2.45, 2.75) is 32.6 Å². The second-order valence-electron chi connectivity index (χ2n) is 6.21. The Balaban J connectivity index is 2.05. The number of aliphatic imine (C=N–C) groups is 1. The molecule has 28 heavy (non-hydrogen) atoms. The highest BCUT2D eigenvalue weighted by molar-refractivity contribution is 7.16. The lowest BCUT2D eigenvalue weighted by Crippen LogP contribution is -2.09. The van der Waals surface area contributed by atoms with Crippen LogP contribution in [0.2, 0.25) is 0 Å². The van der Waals surface area contributed by atoms with Crippen molar-refractivity contribution >= 4 is 34.2 Å². The van der Waals surface area contributed by atoms with E-state index in [9.17, 15) is 20.0 Å². The Hall–Kier alpha value is -2.94. The van der Waals surface area contributed by atoms with E-state index >= 15 is 0 Å². The van der Waals surface area contributed by atoms with E-state index in [4.69, 9.17) is 9.47 Å². The van der Waals surface area contributed by atoms with Gasteiger partial charge in [0.25, 0.3) is 0 Å². The van der Waals surface area contributed by atoms with Crippen LogP contribution < -0.4 is 4.74 Å². The van der Waals surface area contributed by atoms with E-state index in [1.807, 2.05) is 0 Å². The first-order valence-electron chi connectivity index (χ1n) is 8.87. The van der Waals surface area contributed by atoms with Gasteiger partial charge in [0.05, 0.1) is 30.3 Å². The maximum atomic E-state index is 12.5. The highest BCUT2D eigenvalue weighted by atomic mass is 32.1. The lowest BCUT2D eigenvalue weighted by atomic mass is 9.95. The number of phenolic OH excluding ortho intramolecular Hbond substituents is 1. The summed E-state index contributed by atoms with van der Waals surface area (Å²) in [6.07, 6.45) is 5.05. The standard InChI is InChI=1S/C19H20N2O6S/c1-3-27-19(23)16-13-6-4-5-7-15(13)28-18(16)20-10-11-8-12(26-2)9-14(17(11)22)21(24)25/h8-10,22H,3-7H2,1-2H3/b20-10+. The molecule has 0 aliphatic heterocycles. The van der Waals surface area contributed by atoms with Gasteiger partial charge in [0.2, 0.25) is 5.75 Å². The van der Waals surface area contributed by atoms with E-state index < -0.39 is 22.3 Å². The van der Waals surface area contributed by atoms with Crippen LogP contribution in [0.4, 0.5) is 10.7 Å². The number of aromatic hydroxyl groups is 1. The Bertz CT molecular complexity index is 950. The summed E-state index contributed by atoms with van der Waals surface area (Å²) in [5.41, 5.74) is 1.08. The van der Waals surface area contributed by atoms with Crippen molar-refractivity contribution < 1.29 is 24.3 Å². The lowest BCUT2D eigenvalue weighted by Gasteiger charge is -2.11. The maximum absolute atomic E-state index is 12.5. The number of benzene rings is 1. The molecule has 1 heterocycles. The van der Waals surface area contributed by atoms with Crippen LogP contribution in [0, 0.1) is 10.1 Å². The third-order valence-corrected chi connectivity index (χ3v) is 5.68. The Morgan fingerprint density at radius 3 is 2.82 bits per heavy atom. The number of nitro benzene ring substituents is 1. The molecular weight excluding hydrogens is 384 g/mol. The molecule has 1 aromatic heterocycles. The number of fused-ring (bicyclic) bond motifs is 1. The molecule has 1 N–H and O–H groups in total. The van der Waals surface area contributed by atoms with Crippen molar-refractivity contribution in [2.24, 2.45) is 4.99 Å². The number of aryl methyl sites for hydroxylation is 1. The van der Waals surface area contributed by atoms with Gasteiger partial charge in [-0.1, -0.05) is 0 Å². The highest BCUT2D eigenvalue weighted by Crippen LogP contribution is 2.41. The van der Waals surface area contributed by atoms with Crippen molar-refractivity contribution in [1.82, 2.24) is 0 Å². The van der Waals surface area contributed by atoms with Gasteiger partial charge in [-0.3, -0.25) is 10.1 Å². The van der Waals surface area contributed by atoms with Gasteiger partial charge < -0.3 is 14.6 Å². The van der Waals surface area contributed by atoms with Crippen LogP contribution in [0.5, 0.6) is 11.5 Å². The molecule has 1 aliphatic rings. The number of ether oxygens (including phenoxy) is 2. The number of methoxy groups -OCH3 is 1. The van der Waals surface area contributed by atoms with Crippen LogP contribution in [0.3, 0.4) is 0 Å². The zero-order valence-corrected chi connectivity index (χ0v) is 16.4. The molecule has 8 nitrogen and oxygen atoms in total. The van der Waals surface area contributed by atoms with Crippen LogP contribution in [0.1, 0.15) is 46.1 Å². The van der Waals surface area contributed by atoms with Gasteiger partial charge in [0.1, 0.15) is 10.8 Å². The molecule has 2 aromatic rings. The molecule has 3 rings (SSSR count). The van der Waals surface area contributed by atoms with Gasteiger partial charge in [0.15, 0.2) is 0 Å². The van der Waals surface area contributed by atoms with Gasteiger partial charge in [-0.25, -0.2) is 9.79 Å². The zero-order chi connectivity index (χ0) is 20.3. The number of thiophene rings is 1. The number of hydrogen-bond donors (Lipinski definition) is 1. The molecule has 0 radical (unpaired) electrons. The third-order valence-electron chi connectivity index (χ3n) is 4.48. The minimum Gasteiger partial charge on any atom is -0.502 e. The number of nitrogens with zero attached hydrogens (tertiary/aromatic N) is 2. The van der Waals surface area contributed by atoms with E-state index in [0.717, 1.165) is 42.2 Å². The van der Waals surface area contributed by atoms with Crippen LogP contribution >= 0.6 is 11.3 Å². The fourth-order valence-electron chi connectivity index (χ4n) is 3.15. The monoisotopic (exact) mass is 404 g/mol. The second-order valence-corrected chi connectivity index (χ2v) is 7.29. The van der Waals surface area contributed by atoms with Crippen LogP contribution in [-0.2, 0) is 17.6 Å². The summed E-state index contributed by atoms with van der Waals surface area (Å²) in [6, 6.07) is 2.59. The molecule has 0 atom stereocenters. The predicted molar refractivity (Wildman–Crippen MR) is 105 cm³/mol. The van der Waals surface area contributed by atoms with E-state index in [0.29, 0.717) is 10.6 Å². The summed E-state index contributed by atoms with van der Waals surface area (Å²) in [6.45, 7) is 2.00. The normalized spacial score (nSPS) is 13.4. The minimum absolute atomic E-state index is 0.132. The van der Waals surface area contributed by atoms with Crippen LogP contribution in [-0.4, -0.2) is 35.9 Å². The summed E-state index contributed by atoms with van der Waals surface area (Å²) >= 11 is 1.42. The predicted octanol–water partition coefficient (Wildman–Crippen LogP) is 4.18. The highest BCUT2D eigenvalue weighted by Gasteiger charge is 2.26. The number of nitro groups is 1. The Morgan fingerprint density at radius 2 is 2.14 bits per heavy atom. The number of rotatable bonds is 6. The first-order chi connectivity index (χ1) is 13.5. The zero-order valence-electron chi connectivity index (χ0n) is 15.6. The number of phenols is 1. The summed E-state index contributed by atoms with van der Waals surface area (Å²) in [7, 11) is 1.38. The third kappa shape index (κ3) is 3.84. The Kier molecular flexibility index (Phi) is 5.93. The smallest absolute Gasteiger partial charge is 0.341 e. The molecule has 9 heteroatoms. The number of hydrogen-bond acceptors (Lipinski definition) is 8. The first kappa shape index (κ1) is 19.8. The van der Waals surface area contributed by atoms with E-state index in [-0.39, 0.29) is 17.9 Å². The Labute approximate surface area is 165 Å². The van der Waals surface area contributed by atoms with Crippen molar-refractivity contribution in [1.29, 1.82) is 0 Å². The van der Waals surface area contributed by atoms with Gasteiger partial charge >= 0.3 is 11.7 Å². The van der Waals surface area contributed by atoms with Gasteiger partial charge in [-0.15, -0.1) is 11.3 Å². The van der Waals surface area contributed by atoms with E-state index in [1.54, 1.807) is 6.92 Å². The number of esters is 1. The molecule has 148 valence electrons. The van der Waals surface area contributed by atoms with Crippen molar-refractivity contribution in [2.75, 3.05) is 13.7 Å². The largest absolute Gasteiger partial charge is 0.502 e. The molecule has 0 saturated carbocycles. The molecule has 0 fully saturated rings. The van der Waals surface area contributed by atoms with Crippen LogP contribution in [0.25, 0.3) is 0 Å². The fraction of sp³-hybridized carbons (Fsp3) is 0.368. The SMILES string of the molecule is CCOC(=O)c1c(/N=C/c2cc(OC)cc([N+](=O)[O-])c2O)sc2c1CCCC2. The first-order valence-corrected chi connectivity index (χ1v) is 9.69. The maximum Gasteiger partial charge on any atom is 0.341 e. The van der Waals surface area contributed by atoms with Crippen molar-refractivity contribution in [3.8, 4) is 11.5 Å². The molecule has 1 aromatic carbocycles. The average molecular weight is 404 g/mol. The summed E-state index contributed by atoms with van der Waals surface area (Å²) in [5.74, 6) is -0.703. The minimum atomic E-state index is -0.691. The van der Waals surface area contributed by atoms with Gasteiger partial charge in [-0.05, 0) is 44.2 Å². The summed E-state index contributed by atoms with van der Waals surface area (Å²) in [4.78, 5) is 28.4. The molecule has 0 saturated heterocycles. The lowest BCUT2D eigenvalue weighted by molar-refractivity contribution is -0.385. The number of carbonyl (C=O) groups excluding carboxylic acids is 1. The quantitative estimate of drug-likeness (QED) is 0.335. The Morgan fingerprint density at radius 1 is 1.39 bits per heavy atom. The fourth-order valence-corrected chi connectivity index (χ4v) is 4.38. The van der Waals surface area contributed by atoms with Crippen molar-refractivity contribution in [3.05, 3.63) is 43.8 Å². The topological polar surface area (TPSA) is 111 Å². The molecule has 0 unspecified atom stereocenters. The molecule has 0 bridgehead atoms.